The molecule has 0 aliphatic carbocycles. The Balaban J connectivity index is 1.67. The van der Waals surface area contributed by atoms with Gasteiger partial charge in [-0.05, 0) is 35.5 Å². The van der Waals surface area contributed by atoms with Gasteiger partial charge in [-0.3, -0.25) is 20.0 Å². The number of benzene rings is 2. The summed E-state index contributed by atoms with van der Waals surface area (Å²) in [6, 6.07) is 13.9. The second-order valence-electron chi connectivity index (χ2n) is 5.41. The Kier molecular flexibility index (Phi) is 3.38. The molecule has 2 aliphatic rings. The number of nitrogens with zero attached hydrogens (tertiary/aromatic N) is 4. The van der Waals surface area contributed by atoms with Gasteiger partial charge in [-0.15, -0.1) is 4.91 Å². The van der Waals surface area contributed by atoms with Crippen LogP contribution in [0.2, 0.25) is 0 Å². The van der Waals surface area contributed by atoms with E-state index in [0.717, 1.165) is 17.1 Å². The quantitative estimate of drug-likeness (QED) is 0.863. The van der Waals surface area contributed by atoms with Crippen molar-refractivity contribution in [3.63, 3.8) is 0 Å². The van der Waals surface area contributed by atoms with Crippen LogP contribution >= 0.6 is 0 Å². The number of hydrogen-bond acceptors (Lipinski definition) is 6. The molecular formula is C17H13N5O2. The molecule has 0 unspecified atom stereocenters. The van der Waals surface area contributed by atoms with Crippen molar-refractivity contribution < 1.29 is 4.79 Å². The first kappa shape index (κ1) is 14.3. The first-order valence-electron chi connectivity index (χ1n) is 7.51. The summed E-state index contributed by atoms with van der Waals surface area (Å²) in [5.41, 5.74) is 2.29. The number of amides is 1. The van der Waals surface area contributed by atoms with Gasteiger partial charge >= 0.3 is 0 Å². The molecule has 118 valence electrons. The largest absolute Gasteiger partial charge is 0.294 e. The Morgan fingerprint density at radius 3 is 2.92 bits per heavy atom. The fraction of sp³-hybridized carbons (Fsp3) is 0.118. The van der Waals surface area contributed by atoms with Crippen molar-refractivity contribution in [2.24, 2.45) is 15.2 Å². The molecule has 0 spiro atoms. The van der Waals surface area contributed by atoms with Crippen molar-refractivity contribution in [3.8, 4) is 0 Å². The molecule has 24 heavy (non-hydrogen) atoms. The molecule has 7 nitrogen and oxygen atoms in total. The molecule has 1 amide bonds. The molecule has 0 fully saturated rings. The van der Waals surface area contributed by atoms with Gasteiger partial charge in [0.2, 0.25) is 5.96 Å². The number of para-hydroxylation sites is 1. The van der Waals surface area contributed by atoms with E-state index in [2.05, 4.69) is 20.5 Å². The highest BCUT2D eigenvalue weighted by molar-refractivity contribution is 6.19. The predicted molar refractivity (Wildman–Crippen MR) is 91.0 cm³/mol. The third-order valence-corrected chi connectivity index (χ3v) is 3.91. The molecule has 0 bridgehead atoms. The minimum atomic E-state index is -0.343. The van der Waals surface area contributed by atoms with E-state index in [9.17, 15) is 9.70 Å². The molecule has 1 N–H and O–H groups in total. The lowest BCUT2D eigenvalue weighted by molar-refractivity contribution is 0.0974. The van der Waals surface area contributed by atoms with Crippen LogP contribution in [0.4, 0.5) is 11.4 Å². The summed E-state index contributed by atoms with van der Waals surface area (Å²) in [5, 5.41) is 5.66. The lowest BCUT2D eigenvalue weighted by atomic mass is 10.1. The molecule has 0 radical (unpaired) electrons. The van der Waals surface area contributed by atoms with Gasteiger partial charge in [-0.25, -0.2) is 4.99 Å². The zero-order valence-corrected chi connectivity index (χ0v) is 12.6. The fourth-order valence-electron chi connectivity index (χ4n) is 2.79. The number of rotatable bonds is 2. The van der Waals surface area contributed by atoms with E-state index in [1.54, 1.807) is 18.2 Å². The number of hydrogen-bond donors (Lipinski definition) is 1. The molecule has 7 heteroatoms. The van der Waals surface area contributed by atoms with Crippen LogP contribution in [0, 0.1) is 4.91 Å². The van der Waals surface area contributed by atoms with Crippen LogP contribution in [0.5, 0.6) is 0 Å². The van der Waals surface area contributed by atoms with E-state index in [1.807, 2.05) is 29.2 Å². The Labute approximate surface area is 137 Å². The third-order valence-electron chi connectivity index (χ3n) is 3.91. The van der Waals surface area contributed by atoms with E-state index in [4.69, 9.17) is 0 Å². The second-order valence-corrected chi connectivity index (χ2v) is 5.41. The summed E-state index contributed by atoms with van der Waals surface area (Å²) < 4.78 is 0. The van der Waals surface area contributed by atoms with Crippen LogP contribution < -0.4 is 5.32 Å². The summed E-state index contributed by atoms with van der Waals surface area (Å²) in [5.74, 6) is 0.920. The van der Waals surface area contributed by atoms with Crippen LogP contribution in [0.25, 0.3) is 0 Å². The maximum Gasteiger partial charge on any atom is 0.258 e. The summed E-state index contributed by atoms with van der Waals surface area (Å²) in [6.45, 7) is 1.32. The van der Waals surface area contributed by atoms with Gasteiger partial charge in [0.15, 0.2) is 0 Å². The average molecular weight is 319 g/mol. The first-order chi connectivity index (χ1) is 11.8. The Morgan fingerprint density at radius 2 is 2.04 bits per heavy atom. The summed E-state index contributed by atoms with van der Waals surface area (Å²) in [7, 11) is 0. The topological polar surface area (TPSA) is 86.5 Å². The molecule has 4 rings (SSSR count). The summed E-state index contributed by atoms with van der Waals surface area (Å²) >= 11 is 0. The fourth-order valence-corrected chi connectivity index (χ4v) is 2.79. The molecular weight excluding hydrogens is 306 g/mol. The van der Waals surface area contributed by atoms with Crippen LogP contribution in [0.15, 0.2) is 63.7 Å². The second kappa shape index (κ2) is 5.69. The highest BCUT2D eigenvalue weighted by atomic mass is 16.3. The number of guanidine groups is 1. The highest BCUT2D eigenvalue weighted by Gasteiger charge is 2.30. The number of nitroso groups, excluding NO2 is 1. The van der Waals surface area contributed by atoms with Crippen LogP contribution in [0.3, 0.4) is 0 Å². The van der Waals surface area contributed by atoms with Crippen LogP contribution in [-0.2, 0) is 0 Å². The van der Waals surface area contributed by atoms with Crippen LogP contribution in [0.1, 0.15) is 15.9 Å². The lowest BCUT2D eigenvalue weighted by Crippen LogP contribution is -2.47. The van der Waals surface area contributed by atoms with E-state index in [0.29, 0.717) is 24.6 Å². The number of carbonyl (C=O) groups excluding carboxylic acids is 1. The number of carbonyl (C=O) groups is 1. The number of nitrogens with one attached hydrogen (secondary N) is 1. The Hall–Kier alpha value is -3.35. The monoisotopic (exact) mass is 319 g/mol. The number of aliphatic imine (C=N–C) groups is 2. The van der Waals surface area contributed by atoms with Crippen molar-refractivity contribution in [2.75, 3.05) is 13.1 Å². The van der Waals surface area contributed by atoms with E-state index < -0.39 is 0 Å². The minimum Gasteiger partial charge on any atom is -0.294 e. The van der Waals surface area contributed by atoms with Gasteiger partial charge in [0.25, 0.3) is 5.91 Å². The number of amidine groups is 1. The maximum atomic E-state index is 12.5. The zero-order chi connectivity index (χ0) is 16.5. The van der Waals surface area contributed by atoms with E-state index >= 15 is 0 Å². The van der Waals surface area contributed by atoms with E-state index in [-0.39, 0.29) is 11.6 Å². The normalized spacial score (nSPS) is 15.1. The standard InChI is InChI=1S/C17H13N5O2/c23-16(11-4-3-5-12(10-11)21-24)20-17-19-14-7-2-1-6-13(14)15-18-8-9-22(15)17/h1-7,10H,8-9H2,(H,19,20,23). The zero-order valence-electron chi connectivity index (χ0n) is 12.6. The maximum absolute atomic E-state index is 12.5. The molecule has 2 aromatic carbocycles. The van der Waals surface area contributed by atoms with Gasteiger partial charge in [0.1, 0.15) is 11.5 Å². The number of fused-ring (bicyclic) bond motifs is 3. The Morgan fingerprint density at radius 1 is 1.17 bits per heavy atom. The van der Waals surface area contributed by atoms with Gasteiger partial charge in [0.05, 0.1) is 12.2 Å². The van der Waals surface area contributed by atoms with Crippen molar-refractivity contribution in [1.29, 1.82) is 0 Å². The summed E-state index contributed by atoms with van der Waals surface area (Å²) in [4.78, 5) is 34.1. The van der Waals surface area contributed by atoms with Crippen molar-refractivity contribution in [3.05, 3.63) is 64.6 Å². The third kappa shape index (κ3) is 2.36. The van der Waals surface area contributed by atoms with Gasteiger partial charge in [0, 0.05) is 17.7 Å². The molecule has 2 aliphatic heterocycles. The first-order valence-corrected chi connectivity index (χ1v) is 7.51. The molecule has 2 heterocycles. The molecule has 0 atom stereocenters. The molecule has 0 saturated carbocycles. The van der Waals surface area contributed by atoms with Gasteiger partial charge in [-0.2, -0.15) is 0 Å². The van der Waals surface area contributed by atoms with Gasteiger partial charge in [-0.1, -0.05) is 18.2 Å². The van der Waals surface area contributed by atoms with Crippen molar-refractivity contribution in [2.45, 2.75) is 0 Å². The minimum absolute atomic E-state index is 0.210. The van der Waals surface area contributed by atoms with Crippen LogP contribution in [-0.4, -0.2) is 35.7 Å². The molecule has 2 aromatic rings. The predicted octanol–water partition coefficient (Wildman–Crippen LogP) is 2.58. The average Bonchev–Trinajstić information content (AvgIpc) is 3.12. The van der Waals surface area contributed by atoms with E-state index in [1.165, 1.54) is 6.07 Å². The SMILES string of the molecule is O=Nc1cccc(C(=O)NC2=Nc3ccccc3C3=NCCN23)c1. The molecule has 0 aromatic heterocycles. The molecule has 0 saturated heterocycles. The van der Waals surface area contributed by atoms with Crippen molar-refractivity contribution >= 4 is 29.1 Å². The smallest absolute Gasteiger partial charge is 0.258 e. The summed E-state index contributed by atoms with van der Waals surface area (Å²) in [6.07, 6.45) is 0. The highest BCUT2D eigenvalue weighted by Crippen LogP contribution is 2.27. The van der Waals surface area contributed by atoms with Gasteiger partial charge < -0.3 is 0 Å². The van der Waals surface area contributed by atoms with Crippen molar-refractivity contribution in [1.82, 2.24) is 10.2 Å². The lowest BCUT2D eigenvalue weighted by Gasteiger charge is -2.27. The Bertz CT molecular complexity index is 903.